The first-order valence-corrected chi connectivity index (χ1v) is 5.80. The smallest absolute Gasteiger partial charge is 0.142 e. The van der Waals surface area contributed by atoms with Gasteiger partial charge in [-0.2, -0.15) is 0 Å². The molecule has 0 heterocycles. The fourth-order valence-electron chi connectivity index (χ4n) is 1.71. The highest BCUT2D eigenvalue weighted by atomic mass is 16.5. The average molecular weight is 238 g/mol. The van der Waals surface area contributed by atoms with E-state index in [1.54, 1.807) is 14.2 Å². The molecule has 1 N–H and O–H groups in total. The van der Waals surface area contributed by atoms with Gasteiger partial charge in [0.2, 0.25) is 0 Å². The summed E-state index contributed by atoms with van der Waals surface area (Å²) in [5, 5.41) is 3.14. The fourth-order valence-corrected chi connectivity index (χ4v) is 1.71. The molecule has 0 aliphatic carbocycles. The Kier molecular flexibility index (Phi) is 5.63. The Labute approximate surface area is 104 Å². The second kappa shape index (κ2) is 7.01. The zero-order valence-electron chi connectivity index (χ0n) is 11.1. The van der Waals surface area contributed by atoms with Gasteiger partial charge in [0.05, 0.1) is 19.9 Å². The summed E-state index contributed by atoms with van der Waals surface area (Å²) >= 11 is 0. The number of hydrogen-bond acceptors (Lipinski definition) is 4. The molecule has 0 spiro atoms. The third kappa shape index (κ3) is 3.82. The van der Waals surface area contributed by atoms with Crippen molar-refractivity contribution in [1.82, 2.24) is 5.32 Å². The first kappa shape index (κ1) is 13.6. The van der Waals surface area contributed by atoms with Crippen molar-refractivity contribution in [2.24, 2.45) is 0 Å². The highest BCUT2D eigenvalue weighted by Crippen LogP contribution is 2.31. The molecular weight excluding hydrogens is 216 g/mol. The van der Waals surface area contributed by atoms with Crippen LogP contribution in [0.5, 0.6) is 11.5 Å². The monoisotopic (exact) mass is 238 g/mol. The standard InChI is InChI=1S/C13H22N2O2/c1-14-8-5-9-15(2)12-10-11(16-3)6-7-13(12)17-4/h6-7,10,14H,5,8-9H2,1-4H3. The zero-order valence-corrected chi connectivity index (χ0v) is 11.1. The summed E-state index contributed by atoms with van der Waals surface area (Å²) in [7, 11) is 7.39. The van der Waals surface area contributed by atoms with Gasteiger partial charge in [0.15, 0.2) is 0 Å². The van der Waals surface area contributed by atoms with Gasteiger partial charge in [-0.1, -0.05) is 0 Å². The molecule has 4 nitrogen and oxygen atoms in total. The second-order valence-corrected chi connectivity index (χ2v) is 3.92. The maximum Gasteiger partial charge on any atom is 0.142 e. The highest BCUT2D eigenvalue weighted by molar-refractivity contribution is 5.61. The van der Waals surface area contributed by atoms with Gasteiger partial charge < -0.3 is 19.7 Å². The molecular formula is C13H22N2O2. The summed E-state index contributed by atoms with van der Waals surface area (Å²) in [6, 6.07) is 5.84. The molecule has 0 aliphatic heterocycles. The number of benzene rings is 1. The van der Waals surface area contributed by atoms with Crippen molar-refractivity contribution in [3.63, 3.8) is 0 Å². The number of nitrogens with zero attached hydrogens (tertiary/aromatic N) is 1. The molecule has 0 amide bonds. The maximum absolute atomic E-state index is 5.36. The molecule has 96 valence electrons. The van der Waals surface area contributed by atoms with Gasteiger partial charge in [-0.3, -0.25) is 0 Å². The van der Waals surface area contributed by atoms with E-state index in [0.29, 0.717) is 0 Å². The molecule has 0 saturated heterocycles. The highest BCUT2D eigenvalue weighted by Gasteiger charge is 2.09. The van der Waals surface area contributed by atoms with Gasteiger partial charge in [-0.05, 0) is 32.1 Å². The molecule has 0 atom stereocenters. The Morgan fingerprint density at radius 1 is 1.24 bits per heavy atom. The van der Waals surface area contributed by atoms with Crippen LogP contribution in [-0.2, 0) is 0 Å². The van der Waals surface area contributed by atoms with Crippen LogP contribution in [0.15, 0.2) is 18.2 Å². The molecule has 1 aromatic carbocycles. The van der Waals surface area contributed by atoms with E-state index in [4.69, 9.17) is 9.47 Å². The largest absolute Gasteiger partial charge is 0.497 e. The lowest BCUT2D eigenvalue weighted by atomic mass is 10.2. The fraction of sp³-hybridized carbons (Fsp3) is 0.538. The van der Waals surface area contributed by atoms with Gasteiger partial charge in [0.25, 0.3) is 0 Å². The van der Waals surface area contributed by atoms with Gasteiger partial charge in [-0.15, -0.1) is 0 Å². The topological polar surface area (TPSA) is 33.7 Å². The number of hydrogen-bond donors (Lipinski definition) is 1. The van der Waals surface area contributed by atoms with Crippen LogP contribution in [0, 0.1) is 0 Å². The van der Waals surface area contributed by atoms with E-state index in [2.05, 4.69) is 17.3 Å². The number of ether oxygens (including phenoxy) is 2. The van der Waals surface area contributed by atoms with Crippen molar-refractivity contribution in [2.45, 2.75) is 6.42 Å². The van der Waals surface area contributed by atoms with Crippen LogP contribution >= 0.6 is 0 Å². The molecule has 0 radical (unpaired) electrons. The summed E-state index contributed by atoms with van der Waals surface area (Å²) in [5.41, 5.74) is 1.06. The average Bonchev–Trinajstić information content (AvgIpc) is 2.38. The van der Waals surface area contributed by atoms with E-state index in [0.717, 1.165) is 36.7 Å². The minimum absolute atomic E-state index is 0.848. The number of anilines is 1. The van der Waals surface area contributed by atoms with Crippen molar-refractivity contribution < 1.29 is 9.47 Å². The Balaban J connectivity index is 2.78. The van der Waals surface area contributed by atoms with Crippen LogP contribution in [0.4, 0.5) is 5.69 Å². The molecule has 1 aromatic rings. The van der Waals surface area contributed by atoms with Gasteiger partial charge in [-0.25, -0.2) is 0 Å². The van der Waals surface area contributed by atoms with Gasteiger partial charge in [0, 0.05) is 19.7 Å². The summed E-state index contributed by atoms with van der Waals surface area (Å²) in [4.78, 5) is 2.18. The number of nitrogens with one attached hydrogen (secondary N) is 1. The summed E-state index contributed by atoms with van der Waals surface area (Å²) < 4.78 is 10.6. The molecule has 0 aliphatic rings. The minimum Gasteiger partial charge on any atom is -0.497 e. The van der Waals surface area contributed by atoms with Crippen molar-refractivity contribution in [3.8, 4) is 11.5 Å². The SMILES string of the molecule is CNCCCN(C)c1cc(OC)ccc1OC. The van der Waals surface area contributed by atoms with Crippen LogP contribution in [0.1, 0.15) is 6.42 Å². The van der Waals surface area contributed by atoms with Gasteiger partial charge in [0.1, 0.15) is 11.5 Å². The molecule has 0 bridgehead atoms. The van der Waals surface area contributed by atoms with Crippen molar-refractivity contribution in [2.75, 3.05) is 46.3 Å². The summed E-state index contributed by atoms with van der Waals surface area (Å²) in [5.74, 6) is 1.72. The number of rotatable bonds is 7. The molecule has 1 rings (SSSR count). The maximum atomic E-state index is 5.36. The normalized spacial score (nSPS) is 10.1. The van der Waals surface area contributed by atoms with E-state index in [1.165, 1.54) is 0 Å². The lowest BCUT2D eigenvalue weighted by molar-refractivity contribution is 0.403. The first-order valence-electron chi connectivity index (χ1n) is 5.80. The first-order chi connectivity index (χ1) is 8.22. The van der Waals surface area contributed by atoms with E-state index in [9.17, 15) is 0 Å². The quantitative estimate of drug-likeness (QED) is 0.734. The molecule has 0 fully saturated rings. The van der Waals surface area contributed by atoms with Crippen LogP contribution in [0.2, 0.25) is 0 Å². The molecule has 0 unspecified atom stereocenters. The third-order valence-electron chi connectivity index (χ3n) is 2.72. The Morgan fingerprint density at radius 3 is 2.59 bits per heavy atom. The van der Waals surface area contributed by atoms with E-state index in [1.807, 2.05) is 25.2 Å². The number of methoxy groups -OCH3 is 2. The lowest BCUT2D eigenvalue weighted by Gasteiger charge is -2.22. The van der Waals surface area contributed by atoms with Crippen molar-refractivity contribution >= 4 is 5.69 Å². The predicted octanol–water partition coefficient (Wildman–Crippen LogP) is 1.75. The lowest BCUT2D eigenvalue weighted by Crippen LogP contribution is -2.22. The predicted molar refractivity (Wildman–Crippen MR) is 71.4 cm³/mol. The van der Waals surface area contributed by atoms with Gasteiger partial charge >= 0.3 is 0 Å². The van der Waals surface area contributed by atoms with Crippen molar-refractivity contribution in [1.29, 1.82) is 0 Å². The Bertz CT molecular complexity index is 342. The zero-order chi connectivity index (χ0) is 12.7. The molecule has 17 heavy (non-hydrogen) atoms. The second-order valence-electron chi connectivity index (χ2n) is 3.92. The third-order valence-corrected chi connectivity index (χ3v) is 2.72. The molecule has 0 aromatic heterocycles. The summed E-state index contributed by atoms with van der Waals surface area (Å²) in [6.45, 7) is 1.99. The van der Waals surface area contributed by atoms with E-state index < -0.39 is 0 Å². The Morgan fingerprint density at radius 2 is 2.00 bits per heavy atom. The Hall–Kier alpha value is -1.42. The molecule has 0 saturated carbocycles. The summed E-state index contributed by atoms with van der Waals surface area (Å²) in [6.07, 6.45) is 1.09. The van der Waals surface area contributed by atoms with E-state index in [-0.39, 0.29) is 0 Å². The van der Waals surface area contributed by atoms with Crippen molar-refractivity contribution in [3.05, 3.63) is 18.2 Å². The van der Waals surface area contributed by atoms with E-state index >= 15 is 0 Å². The van der Waals surface area contributed by atoms with Crippen LogP contribution in [0.25, 0.3) is 0 Å². The molecule has 4 heteroatoms. The van der Waals surface area contributed by atoms with Crippen LogP contribution in [-0.4, -0.2) is 41.4 Å². The van der Waals surface area contributed by atoms with Crippen LogP contribution in [0.3, 0.4) is 0 Å². The minimum atomic E-state index is 0.848. The van der Waals surface area contributed by atoms with Crippen LogP contribution < -0.4 is 19.7 Å².